The van der Waals surface area contributed by atoms with Crippen LogP contribution in [0.15, 0.2) is 36.4 Å². The van der Waals surface area contributed by atoms with Crippen LogP contribution in [0.25, 0.3) is 11.4 Å². The maximum Gasteiger partial charge on any atom is 0.241 e. The summed E-state index contributed by atoms with van der Waals surface area (Å²) in [6, 6.07) is 11.2. The van der Waals surface area contributed by atoms with Gasteiger partial charge in [-0.2, -0.15) is 0 Å². The van der Waals surface area contributed by atoms with Crippen molar-refractivity contribution in [2.24, 2.45) is 0 Å². The molecule has 0 aliphatic rings. The van der Waals surface area contributed by atoms with Crippen LogP contribution < -0.4 is 5.32 Å². The van der Waals surface area contributed by atoms with E-state index in [4.69, 9.17) is 11.6 Å². The molecule has 2 aromatic rings. The van der Waals surface area contributed by atoms with Crippen LogP contribution in [-0.4, -0.2) is 40.9 Å². The van der Waals surface area contributed by atoms with Crippen molar-refractivity contribution in [1.82, 2.24) is 14.9 Å². The van der Waals surface area contributed by atoms with Crippen LogP contribution >= 0.6 is 11.6 Å². The van der Waals surface area contributed by atoms with E-state index in [0.29, 0.717) is 23.3 Å². The molecular formula is C15H17ClN4O. The highest BCUT2D eigenvalue weighted by Gasteiger charge is 2.09. The number of halogens is 1. The maximum atomic E-state index is 11.8. The van der Waals surface area contributed by atoms with Crippen molar-refractivity contribution >= 4 is 23.3 Å². The van der Waals surface area contributed by atoms with Gasteiger partial charge in [0, 0.05) is 25.2 Å². The van der Waals surface area contributed by atoms with Gasteiger partial charge < -0.3 is 10.2 Å². The number of hydrogen-bond acceptors (Lipinski definition) is 4. The summed E-state index contributed by atoms with van der Waals surface area (Å²) in [5.74, 6) is 1.06. The number of benzene rings is 1. The van der Waals surface area contributed by atoms with Gasteiger partial charge >= 0.3 is 0 Å². The van der Waals surface area contributed by atoms with Crippen molar-refractivity contribution in [2.75, 3.05) is 25.5 Å². The lowest BCUT2D eigenvalue weighted by Gasteiger charge is -2.15. The number of aromatic nitrogens is 2. The topological polar surface area (TPSA) is 58.1 Å². The Morgan fingerprint density at radius 3 is 2.67 bits per heavy atom. The van der Waals surface area contributed by atoms with Crippen LogP contribution in [0, 0.1) is 0 Å². The molecule has 0 radical (unpaired) electrons. The van der Waals surface area contributed by atoms with Crippen LogP contribution in [0.1, 0.15) is 6.92 Å². The molecule has 110 valence electrons. The van der Waals surface area contributed by atoms with E-state index in [-0.39, 0.29) is 12.5 Å². The molecule has 0 saturated carbocycles. The largest absolute Gasteiger partial charge is 0.361 e. The molecule has 2 rings (SSSR count). The van der Waals surface area contributed by atoms with Gasteiger partial charge in [0.25, 0.3) is 0 Å². The smallest absolute Gasteiger partial charge is 0.241 e. The summed E-state index contributed by atoms with van der Waals surface area (Å²) < 4.78 is 0. The van der Waals surface area contributed by atoms with E-state index < -0.39 is 0 Å². The monoisotopic (exact) mass is 304 g/mol. The molecule has 0 aliphatic carbocycles. The molecule has 1 amide bonds. The fraction of sp³-hybridized carbons (Fsp3) is 0.267. The lowest BCUT2D eigenvalue weighted by atomic mass is 10.2. The van der Waals surface area contributed by atoms with Crippen molar-refractivity contribution in [3.63, 3.8) is 0 Å². The van der Waals surface area contributed by atoms with Gasteiger partial charge in [-0.25, -0.2) is 9.97 Å². The predicted molar refractivity (Wildman–Crippen MR) is 84.3 cm³/mol. The number of amides is 1. The van der Waals surface area contributed by atoms with E-state index in [2.05, 4.69) is 15.3 Å². The summed E-state index contributed by atoms with van der Waals surface area (Å²) >= 11 is 6.02. The number of hydrogen-bond donors (Lipinski definition) is 1. The second-order valence-electron chi connectivity index (χ2n) is 4.53. The third kappa shape index (κ3) is 4.16. The molecule has 5 nitrogen and oxygen atoms in total. The van der Waals surface area contributed by atoms with Crippen LogP contribution in [0.5, 0.6) is 0 Å². The van der Waals surface area contributed by atoms with Crippen LogP contribution in [0.4, 0.5) is 5.82 Å². The average molecular weight is 305 g/mol. The molecule has 0 bridgehead atoms. The van der Waals surface area contributed by atoms with Gasteiger partial charge in [-0.1, -0.05) is 41.9 Å². The minimum atomic E-state index is -0.00602. The van der Waals surface area contributed by atoms with E-state index in [9.17, 15) is 4.79 Å². The Bertz CT molecular complexity index is 618. The van der Waals surface area contributed by atoms with Crippen molar-refractivity contribution in [3.8, 4) is 11.4 Å². The van der Waals surface area contributed by atoms with Crippen molar-refractivity contribution in [2.45, 2.75) is 6.92 Å². The number of anilines is 1. The lowest BCUT2D eigenvalue weighted by molar-refractivity contribution is -0.127. The summed E-state index contributed by atoms with van der Waals surface area (Å²) in [7, 11) is 1.76. The first kappa shape index (κ1) is 15.3. The Morgan fingerprint density at radius 2 is 2.00 bits per heavy atom. The Hall–Kier alpha value is -2.14. The SMILES string of the molecule is CCN(C)C(=O)CNc1cc(Cl)nc(-c2ccccc2)n1. The molecule has 0 fully saturated rings. The van der Waals surface area contributed by atoms with Gasteiger partial charge in [0.05, 0.1) is 6.54 Å². The zero-order chi connectivity index (χ0) is 15.2. The Labute approximate surface area is 129 Å². The van der Waals surface area contributed by atoms with Gasteiger partial charge in [0.2, 0.25) is 5.91 Å². The molecule has 21 heavy (non-hydrogen) atoms. The van der Waals surface area contributed by atoms with Gasteiger partial charge in [0.1, 0.15) is 11.0 Å². The minimum absolute atomic E-state index is 0.00602. The van der Waals surface area contributed by atoms with E-state index in [1.54, 1.807) is 18.0 Å². The normalized spacial score (nSPS) is 10.2. The van der Waals surface area contributed by atoms with E-state index in [1.165, 1.54) is 0 Å². The summed E-state index contributed by atoms with van der Waals surface area (Å²) in [5, 5.41) is 3.32. The summed E-state index contributed by atoms with van der Waals surface area (Å²) in [6.07, 6.45) is 0. The number of carbonyl (C=O) groups excluding carboxylic acids is 1. The average Bonchev–Trinajstić information content (AvgIpc) is 2.52. The van der Waals surface area contributed by atoms with E-state index in [0.717, 1.165) is 5.56 Å². The van der Waals surface area contributed by atoms with Gasteiger partial charge in [-0.05, 0) is 6.92 Å². The second kappa shape index (κ2) is 7.04. The number of carbonyl (C=O) groups is 1. The maximum absolute atomic E-state index is 11.8. The standard InChI is InChI=1S/C15H17ClN4O/c1-3-20(2)14(21)10-17-13-9-12(16)18-15(19-13)11-7-5-4-6-8-11/h4-9H,3,10H2,1-2H3,(H,17,18,19). The first-order chi connectivity index (χ1) is 10.1. The molecule has 1 N–H and O–H groups in total. The summed E-state index contributed by atoms with van der Waals surface area (Å²) in [6.45, 7) is 2.76. The number of rotatable bonds is 5. The molecule has 0 aliphatic heterocycles. The fourth-order valence-electron chi connectivity index (χ4n) is 1.70. The summed E-state index contributed by atoms with van der Waals surface area (Å²) in [4.78, 5) is 22.0. The Balaban J connectivity index is 2.15. The first-order valence-electron chi connectivity index (χ1n) is 6.68. The first-order valence-corrected chi connectivity index (χ1v) is 7.05. The fourth-order valence-corrected chi connectivity index (χ4v) is 1.89. The Morgan fingerprint density at radius 1 is 1.29 bits per heavy atom. The zero-order valence-corrected chi connectivity index (χ0v) is 12.8. The highest BCUT2D eigenvalue weighted by molar-refractivity contribution is 6.29. The predicted octanol–water partition coefficient (Wildman–Crippen LogP) is 2.69. The zero-order valence-electron chi connectivity index (χ0n) is 12.0. The molecular weight excluding hydrogens is 288 g/mol. The van der Waals surface area contributed by atoms with Gasteiger partial charge in [-0.3, -0.25) is 4.79 Å². The summed E-state index contributed by atoms with van der Waals surface area (Å²) in [5.41, 5.74) is 0.875. The van der Waals surface area contributed by atoms with Crippen molar-refractivity contribution in [3.05, 3.63) is 41.6 Å². The van der Waals surface area contributed by atoms with Crippen LogP contribution in [0.3, 0.4) is 0 Å². The molecule has 0 unspecified atom stereocenters. The number of nitrogens with zero attached hydrogens (tertiary/aromatic N) is 3. The van der Waals surface area contributed by atoms with E-state index in [1.807, 2.05) is 37.3 Å². The molecule has 6 heteroatoms. The van der Waals surface area contributed by atoms with Gasteiger partial charge in [0.15, 0.2) is 5.82 Å². The minimum Gasteiger partial charge on any atom is -0.361 e. The molecule has 0 spiro atoms. The molecule has 0 atom stereocenters. The third-order valence-electron chi connectivity index (χ3n) is 3.05. The second-order valence-corrected chi connectivity index (χ2v) is 4.91. The highest BCUT2D eigenvalue weighted by Crippen LogP contribution is 2.19. The Kier molecular flexibility index (Phi) is 5.11. The third-order valence-corrected chi connectivity index (χ3v) is 3.24. The lowest BCUT2D eigenvalue weighted by Crippen LogP contribution is -2.32. The number of nitrogens with one attached hydrogen (secondary N) is 1. The van der Waals surface area contributed by atoms with Crippen molar-refractivity contribution in [1.29, 1.82) is 0 Å². The van der Waals surface area contributed by atoms with E-state index >= 15 is 0 Å². The molecule has 1 aromatic carbocycles. The molecule has 1 heterocycles. The number of likely N-dealkylation sites (N-methyl/N-ethyl adjacent to an activating group) is 1. The molecule has 0 saturated heterocycles. The van der Waals surface area contributed by atoms with Crippen LogP contribution in [-0.2, 0) is 4.79 Å². The molecule has 1 aromatic heterocycles. The van der Waals surface area contributed by atoms with Crippen molar-refractivity contribution < 1.29 is 4.79 Å². The quantitative estimate of drug-likeness (QED) is 0.863. The van der Waals surface area contributed by atoms with Gasteiger partial charge in [-0.15, -0.1) is 0 Å². The van der Waals surface area contributed by atoms with Crippen LogP contribution in [0.2, 0.25) is 5.15 Å². The highest BCUT2D eigenvalue weighted by atomic mass is 35.5.